The lowest BCUT2D eigenvalue weighted by Gasteiger charge is -2.15. The van der Waals surface area contributed by atoms with Crippen molar-refractivity contribution in [1.82, 2.24) is 9.55 Å². The first-order valence-electron chi connectivity index (χ1n) is 5.40. The molecule has 0 radical (unpaired) electrons. The molecule has 0 aliphatic rings. The smallest absolute Gasteiger partial charge is 0.267 e. The fourth-order valence-corrected chi connectivity index (χ4v) is 1.76. The zero-order chi connectivity index (χ0) is 13.0. The molecule has 0 saturated carbocycles. The highest BCUT2D eigenvalue weighted by atomic mass is 16.2. The van der Waals surface area contributed by atoms with Crippen LogP contribution < -0.4 is 0 Å². The van der Waals surface area contributed by atoms with Crippen molar-refractivity contribution in [3.63, 3.8) is 0 Å². The topological polar surface area (TPSA) is 83.7 Å². The van der Waals surface area contributed by atoms with Gasteiger partial charge < -0.3 is 4.57 Å². The Morgan fingerprint density at radius 1 is 1.44 bits per heavy atom. The first kappa shape index (κ1) is 11.9. The van der Waals surface area contributed by atoms with E-state index in [0.717, 1.165) is 5.56 Å². The number of aromatic nitrogens is 2. The van der Waals surface area contributed by atoms with E-state index in [4.69, 9.17) is 5.53 Å². The normalized spacial score (nSPS) is 11.6. The van der Waals surface area contributed by atoms with Gasteiger partial charge >= 0.3 is 0 Å². The van der Waals surface area contributed by atoms with Crippen molar-refractivity contribution in [2.45, 2.75) is 13.0 Å². The minimum Gasteiger partial charge on any atom is -0.321 e. The van der Waals surface area contributed by atoms with Gasteiger partial charge in [-0.15, -0.1) is 0 Å². The van der Waals surface area contributed by atoms with E-state index in [2.05, 4.69) is 15.0 Å². The molecule has 0 fully saturated rings. The number of carbonyl (C=O) groups excluding carboxylic acids is 1. The average Bonchev–Trinajstić information content (AvgIpc) is 2.88. The van der Waals surface area contributed by atoms with E-state index >= 15 is 0 Å². The van der Waals surface area contributed by atoms with Gasteiger partial charge in [0.2, 0.25) is 0 Å². The second-order valence-electron chi connectivity index (χ2n) is 3.77. The van der Waals surface area contributed by atoms with Crippen LogP contribution in [0.2, 0.25) is 0 Å². The summed E-state index contributed by atoms with van der Waals surface area (Å²) in [7, 11) is 0. The van der Waals surface area contributed by atoms with Crippen molar-refractivity contribution in [2.24, 2.45) is 5.11 Å². The number of imidazole rings is 1. The zero-order valence-electron chi connectivity index (χ0n) is 9.76. The third-order valence-electron chi connectivity index (χ3n) is 2.72. The lowest BCUT2D eigenvalue weighted by Crippen LogP contribution is -2.11. The maximum absolute atomic E-state index is 11.6. The molecule has 1 atom stereocenters. The summed E-state index contributed by atoms with van der Waals surface area (Å²) in [5.74, 6) is -0.627. The number of benzene rings is 1. The highest BCUT2D eigenvalue weighted by Gasteiger charge is 2.15. The quantitative estimate of drug-likeness (QED) is 0.470. The SMILES string of the molecule is C[C@H](c1ccccc1)n1cncc1C(=O)N=[N+]=[N-]. The fourth-order valence-electron chi connectivity index (χ4n) is 1.76. The maximum atomic E-state index is 11.6. The summed E-state index contributed by atoms with van der Waals surface area (Å²) in [6.07, 6.45) is 2.95. The molecular weight excluding hydrogens is 230 g/mol. The minimum atomic E-state index is -0.627. The molecule has 2 rings (SSSR count). The first-order valence-corrected chi connectivity index (χ1v) is 5.40. The van der Waals surface area contributed by atoms with Crippen LogP contribution in [0.4, 0.5) is 0 Å². The number of rotatable bonds is 3. The van der Waals surface area contributed by atoms with Gasteiger partial charge in [0, 0.05) is 4.91 Å². The van der Waals surface area contributed by atoms with Gasteiger partial charge in [0.05, 0.1) is 18.6 Å². The van der Waals surface area contributed by atoms with Gasteiger partial charge in [0.15, 0.2) is 0 Å². The van der Waals surface area contributed by atoms with Gasteiger partial charge in [0.25, 0.3) is 5.91 Å². The third-order valence-corrected chi connectivity index (χ3v) is 2.72. The van der Waals surface area contributed by atoms with Gasteiger partial charge in [-0.1, -0.05) is 30.3 Å². The summed E-state index contributed by atoms with van der Waals surface area (Å²) in [5.41, 5.74) is 9.62. The molecule has 2 aromatic rings. The molecule has 90 valence electrons. The predicted octanol–water partition coefficient (Wildman–Crippen LogP) is 2.94. The molecule has 0 unspecified atom stereocenters. The second kappa shape index (κ2) is 5.16. The Bertz CT molecular complexity index is 598. The molecule has 1 amide bonds. The summed E-state index contributed by atoms with van der Waals surface area (Å²) < 4.78 is 1.69. The molecule has 1 heterocycles. The van der Waals surface area contributed by atoms with Crippen LogP contribution in [0.1, 0.15) is 29.0 Å². The molecule has 1 aromatic carbocycles. The Hall–Kier alpha value is -2.59. The van der Waals surface area contributed by atoms with E-state index in [1.165, 1.54) is 6.20 Å². The zero-order valence-corrected chi connectivity index (χ0v) is 9.76. The van der Waals surface area contributed by atoms with Crippen LogP contribution in [0.25, 0.3) is 10.4 Å². The molecule has 1 aromatic heterocycles. The molecular formula is C12H11N5O. The molecule has 0 N–H and O–H groups in total. The Balaban J connectivity index is 2.38. The van der Waals surface area contributed by atoms with E-state index < -0.39 is 5.91 Å². The lowest BCUT2D eigenvalue weighted by molar-refractivity contribution is 0.0990. The molecule has 0 saturated heterocycles. The van der Waals surface area contributed by atoms with Crippen LogP contribution in [-0.4, -0.2) is 15.5 Å². The standard InChI is InChI=1S/C12H11N5O/c1-9(10-5-3-2-4-6-10)17-8-14-7-11(17)12(18)15-16-13/h2-9H,1H3/t9-/m1/s1. The van der Waals surface area contributed by atoms with Crippen LogP contribution in [0, 0.1) is 0 Å². The number of azide groups is 1. The Kier molecular flexibility index (Phi) is 3.41. The molecule has 18 heavy (non-hydrogen) atoms. The number of hydrogen-bond acceptors (Lipinski definition) is 2. The largest absolute Gasteiger partial charge is 0.321 e. The highest BCUT2D eigenvalue weighted by molar-refractivity contribution is 5.93. The Labute approximate surface area is 104 Å². The van der Waals surface area contributed by atoms with Crippen molar-refractivity contribution >= 4 is 5.91 Å². The van der Waals surface area contributed by atoms with Crippen LogP contribution in [0.15, 0.2) is 48.0 Å². The van der Waals surface area contributed by atoms with Gasteiger partial charge in [-0.25, -0.2) is 4.98 Å². The van der Waals surface area contributed by atoms with E-state index in [1.54, 1.807) is 10.9 Å². The van der Waals surface area contributed by atoms with Crippen LogP contribution in [0.5, 0.6) is 0 Å². The number of carbonyl (C=O) groups is 1. The summed E-state index contributed by atoms with van der Waals surface area (Å²) in [6.45, 7) is 1.95. The molecule has 0 aliphatic heterocycles. The van der Waals surface area contributed by atoms with Gasteiger partial charge in [-0.2, -0.15) is 0 Å². The van der Waals surface area contributed by atoms with Gasteiger partial charge in [-0.05, 0) is 23.1 Å². The van der Waals surface area contributed by atoms with E-state index in [-0.39, 0.29) is 11.7 Å². The number of amides is 1. The summed E-state index contributed by atoms with van der Waals surface area (Å²) >= 11 is 0. The highest BCUT2D eigenvalue weighted by Crippen LogP contribution is 2.19. The van der Waals surface area contributed by atoms with E-state index in [1.807, 2.05) is 37.3 Å². The monoisotopic (exact) mass is 241 g/mol. The van der Waals surface area contributed by atoms with Gasteiger partial charge in [0.1, 0.15) is 5.69 Å². The first-order chi connectivity index (χ1) is 8.74. The van der Waals surface area contributed by atoms with Crippen LogP contribution in [-0.2, 0) is 0 Å². The summed E-state index contributed by atoms with van der Waals surface area (Å²) in [5, 5.41) is 3.08. The number of nitrogens with zero attached hydrogens (tertiary/aromatic N) is 5. The number of hydrogen-bond donors (Lipinski definition) is 0. The second-order valence-corrected chi connectivity index (χ2v) is 3.77. The molecule has 6 nitrogen and oxygen atoms in total. The maximum Gasteiger partial charge on any atom is 0.267 e. The predicted molar refractivity (Wildman–Crippen MR) is 66.0 cm³/mol. The Morgan fingerprint density at radius 3 is 2.83 bits per heavy atom. The molecule has 0 aliphatic carbocycles. The van der Waals surface area contributed by atoms with Crippen molar-refractivity contribution < 1.29 is 4.79 Å². The summed E-state index contributed by atoms with van der Waals surface area (Å²) in [6, 6.07) is 9.66. The van der Waals surface area contributed by atoms with E-state index in [9.17, 15) is 4.79 Å². The minimum absolute atomic E-state index is 0.0541. The van der Waals surface area contributed by atoms with Crippen molar-refractivity contribution in [3.05, 3.63) is 64.6 Å². The summed E-state index contributed by atoms with van der Waals surface area (Å²) in [4.78, 5) is 18.0. The van der Waals surface area contributed by atoms with Crippen LogP contribution in [0.3, 0.4) is 0 Å². The van der Waals surface area contributed by atoms with Crippen LogP contribution >= 0.6 is 0 Å². The van der Waals surface area contributed by atoms with Crippen molar-refractivity contribution in [1.29, 1.82) is 0 Å². The van der Waals surface area contributed by atoms with Crippen molar-refractivity contribution in [2.75, 3.05) is 0 Å². The third kappa shape index (κ3) is 2.23. The fraction of sp³-hybridized carbons (Fsp3) is 0.167. The lowest BCUT2D eigenvalue weighted by atomic mass is 10.1. The average molecular weight is 241 g/mol. The molecule has 0 bridgehead atoms. The molecule has 6 heteroatoms. The van der Waals surface area contributed by atoms with Gasteiger partial charge in [-0.3, -0.25) is 4.79 Å². The Morgan fingerprint density at radius 2 is 2.17 bits per heavy atom. The van der Waals surface area contributed by atoms with Crippen molar-refractivity contribution in [3.8, 4) is 0 Å². The van der Waals surface area contributed by atoms with E-state index in [0.29, 0.717) is 0 Å². The molecule has 0 spiro atoms.